The standard InChI is InChI=1S/C21H23NO2/c23-20-13-18-16(10-9-15-6-2-1-3-7-15)12-17-14-21(18,24-20)19-8-4-5-11-22(17)19/h2,6,12-13,15,17,19H,1,3-5,7-8,11,14H2/t15?,17?,19-,21+/m1/s1. The maximum Gasteiger partial charge on any atom is 0.332 e. The average molecular weight is 321 g/mol. The Hall–Kier alpha value is -1.79. The van der Waals surface area contributed by atoms with Crippen LogP contribution in [0.15, 0.2) is 35.5 Å². The number of piperidine rings is 1. The van der Waals surface area contributed by atoms with Crippen molar-refractivity contribution in [3.05, 3.63) is 35.5 Å². The highest BCUT2D eigenvalue weighted by Gasteiger charge is 2.61. The highest BCUT2D eigenvalue weighted by atomic mass is 16.6. The van der Waals surface area contributed by atoms with Gasteiger partial charge >= 0.3 is 5.97 Å². The predicted molar refractivity (Wildman–Crippen MR) is 92.0 cm³/mol. The van der Waals surface area contributed by atoms with Crippen molar-refractivity contribution in [2.24, 2.45) is 5.92 Å². The van der Waals surface area contributed by atoms with Gasteiger partial charge in [-0.1, -0.05) is 36.5 Å². The Morgan fingerprint density at radius 1 is 1.25 bits per heavy atom. The lowest BCUT2D eigenvalue weighted by molar-refractivity contribution is -0.148. The molecule has 2 bridgehead atoms. The lowest BCUT2D eigenvalue weighted by atomic mass is 9.76. The smallest absolute Gasteiger partial charge is 0.332 e. The Morgan fingerprint density at radius 3 is 3.08 bits per heavy atom. The summed E-state index contributed by atoms with van der Waals surface area (Å²) in [4.78, 5) is 14.7. The number of ether oxygens (including phenoxy) is 1. The molecular formula is C21H23NO2. The number of carbonyl (C=O) groups excluding carboxylic acids is 1. The SMILES string of the molecule is O=C1C=C2C(C#CC3C=CCCC3)=CC3C[C@@]2(O1)[C@H]1CCCCN31. The van der Waals surface area contributed by atoms with E-state index in [0.29, 0.717) is 18.0 Å². The molecule has 1 spiro atoms. The van der Waals surface area contributed by atoms with E-state index < -0.39 is 5.60 Å². The third-order valence-corrected chi connectivity index (χ3v) is 6.32. The summed E-state index contributed by atoms with van der Waals surface area (Å²) in [7, 11) is 0. The molecule has 0 saturated carbocycles. The second kappa shape index (κ2) is 5.36. The largest absolute Gasteiger partial charge is 0.449 e. The number of rotatable bonds is 0. The molecule has 0 radical (unpaired) electrons. The summed E-state index contributed by atoms with van der Waals surface area (Å²) < 4.78 is 5.94. The van der Waals surface area contributed by atoms with Crippen molar-refractivity contribution in [1.29, 1.82) is 0 Å². The molecule has 24 heavy (non-hydrogen) atoms. The Kier molecular flexibility index (Phi) is 3.25. The van der Waals surface area contributed by atoms with E-state index in [4.69, 9.17) is 4.74 Å². The summed E-state index contributed by atoms with van der Waals surface area (Å²) in [5.74, 6) is 7.04. The normalized spacial score (nSPS) is 40.0. The molecule has 5 aliphatic rings. The van der Waals surface area contributed by atoms with Gasteiger partial charge in [0.15, 0.2) is 5.60 Å². The lowest BCUT2D eigenvalue weighted by Gasteiger charge is -2.38. The third-order valence-electron chi connectivity index (χ3n) is 6.32. The summed E-state index contributed by atoms with van der Waals surface area (Å²) in [6, 6.07) is 0.726. The highest BCUT2D eigenvalue weighted by molar-refractivity contribution is 5.90. The number of allylic oxidation sites excluding steroid dienone is 2. The van der Waals surface area contributed by atoms with Gasteiger partial charge in [-0.15, -0.1) is 0 Å². The molecule has 3 aliphatic heterocycles. The predicted octanol–water partition coefficient (Wildman–Crippen LogP) is 3.13. The van der Waals surface area contributed by atoms with Crippen molar-refractivity contribution in [3.8, 4) is 11.8 Å². The molecule has 3 nitrogen and oxygen atoms in total. The lowest BCUT2D eigenvalue weighted by Crippen LogP contribution is -2.48. The number of esters is 1. The molecule has 3 heterocycles. The van der Waals surface area contributed by atoms with Crippen molar-refractivity contribution in [2.45, 2.75) is 62.6 Å². The minimum absolute atomic E-state index is 0.177. The zero-order valence-corrected chi connectivity index (χ0v) is 14.0. The van der Waals surface area contributed by atoms with Crippen molar-refractivity contribution in [1.82, 2.24) is 4.90 Å². The first-order valence-electron chi connectivity index (χ1n) is 9.37. The molecule has 0 aromatic carbocycles. The summed E-state index contributed by atoms with van der Waals surface area (Å²) in [6.07, 6.45) is 16.6. The zero-order chi connectivity index (χ0) is 16.1. The van der Waals surface area contributed by atoms with Crippen LogP contribution in [0.4, 0.5) is 0 Å². The molecule has 0 aromatic heterocycles. The van der Waals surface area contributed by atoms with E-state index in [1.165, 1.54) is 25.7 Å². The molecule has 2 aliphatic carbocycles. The topological polar surface area (TPSA) is 29.5 Å². The summed E-state index contributed by atoms with van der Waals surface area (Å²) in [5.41, 5.74) is 1.69. The molecular weight excluding hydrogens is 298 g/mol. The monoisotopic (exact) mass is 321 g/mol. The quantitative estimate of drug-likeness (QED) is 0.390. The van der Waals surface area contributed by atoms with Gasteiger partial charge in [0.2, 0.25) is 0 Å². The van der Waals surface area contributed by atoms with Crippen LogP contribution in [0.1, 0.15) is 44.9 Å². The number of carbonyl (C=O) groups is 1. The van der Waals surface area contributed by atoms with E-state index in [1.807, 2.05) is 0 Å². The van der Waals surface area contributed by atoms with Gasteiger partial charge in [-0.25, -0.2) is 4.79 Å². The molecule has 2 unspecified atom stereocenters. The summed E-state index contributed by atoms with van der Waals surface area (Å²) in [6.45, 7) is 1.12. The first-order chi connectivity index (χ1) is 11.8. The van der Waals surface area contributed by atoms with Crippen molar-refractivity contribution in [2.75, 3.05) is 6.54 Å². The summed E-state index contributed by atoms with van der Waals surface area (Å²) >= 11 is 0. The molecule has 2 saturated heterocycles. The van der Waals surface area contributed by atoms with Gasteiger partial charge in [-0.05, 0) is 38.6 Å². The Labute approximate surface area is 143 Å². The molecule has 0 amide bonds. The third kappa shape index (κ3) is 2.06. The number of nitrogens with zero attached hydrogens (tertiary/aromatic N) is 1. The second-order valence-electron chi connectivity index (χ2n) is 7.70. The maximum atomic E-state index is 12.1. The molecule has 2 fully saturated rings. The molecule has 0 N–H and O–H groups in total. The fraction of sp³-hybridized carbons (Fsp3) is 0.571. The molecule has 124 valence electrons. The van der Waals surface area contributed by atoms with Gasteiger partial charge in [0.05, 0.1) is 6.04 Å². The van der Waals surface area contributed by atoms with Crippen LogP contribution in [0.5, 0.6) is 0 Å². The number of hydrogen-bond donors (Lipinski definition) is 0. The van der Waals surface area contributed by atoms with Crippen molar-refractivity contribution in [3.63, 3.8) is 0 Å². The van der Waals surface area contributed by atoms with Gasteiger partial charge in [0, 0.05) is 35.6 Å². The molecule has 5 rings (SSSR count). The van der Waals surface area contributed by atoms with Crippen LogP contribution in [0.2, 0.25) is 0 Å². The first kappa shape index (κ1) is 14.5. The van der Waals surface area contributed by atoms with E-state index >= 15 is 0 Å². The van der Waals surface area contributed by atoms with Crippen molar-refractivity contribution >= 4 is 5.97 Å². The second-order valence-corrected chi connectivity index (χ2v) is 7.70. The molecule has 4 atom stereocenters. The Bertz CT molecular complexity index is 735. The fourth-order valence-corrected chi connectivity index (χ4v) is 5.27. The Balaban J connectivity index is 1.53. The molecule has 3 heteroatoms. The van der Waals surface area contributed by atoms with Gasteiger partial charge < -0.3 is 4.74 Å². The maximum absolute atomic E-state index is 12.1. The van der Waals surface area contributed by atoms with Crippen LogP contribution in [0.25, 0.3) is 0 Å². The van der Waals surface area contributed by atoms with Crippen LogP contribution in [0, 0.1) is 17.8 Å². The Morgan fingerprint density at radius 2 is 2.21 bits per heavy atom. The van der Waals surface area contributed by atoms with Crippen LogP contribution >= 0.6 is 0 Å². The minimum atomic E-state index is -0.413. The van der Waals surface area contributed by atoms with E-state index in [9.17, 15) is 4.79 Å². The van der Waals surface area contributed by atoms with E-state index in [-0.39, 0.29) is 5.97 Å². The van der Waals surface area contributed by atoms with E-state index in [2.05, 4.69) is 35.0 Å². The van der Waals surface area contributed by atoms with Crippen LogP contribution in [0.3, 0.4) is 0 Å². The van der Waals surface area contributed by atoms with Gasteiger partial charge in [0.25, 0.3) is 0 Å². The highest BCUT2D eigenvalue weighted by Crippen LogP contribution is 2.53. The zero-order valence-electron chi connectivity index (χ0n) is 14.0. The average Bonchev–Trinajstić information content (AvgIpc) is 3.09. The fourth-order valence-electron chi connectivity index (χ4n) is 5.27. The van der Waals surface area contributed by atoms with E-state index in [0.717, 1.165) is 37.0 Å². The van der Waals surface area contributed by atoms with Crippen LogP contribution < -0.4 is 0 Å². The van der Waals surface area contributed by atoms with Crippen molar-refractivity contribution < 1.29 is 9.53 Å². The minimum Gasteiger partial charge on any atom is -0.449 e. The first-order valence-corrected chi connectivity index (χ1v) is 9.37. The van der Waals surface area contributed by atoms with Gasteiger partial charge in [0.1, 0.15) is 0 Å². The number of hydrogen-bond acceptors (Lipinski definition) is 3. The van der Waals surface area contributed by atoms with Gasteiger partial charge in [-0.3, -0.25) is 4.90 Å². The number of fused-ring (bicyclic) bond motifs is 3. The summed E-state index contributed by atoms with van der Waals surface area (Å²) in [5, 5.41) is 0. The van der Waals surface area contributed by atoms with E-state index in [1.54, 1.807) is 6.08 Å². The van der Waals surface area contributed by atoms with Gasteiger partial charge in [-0.2, -0.15) is 0 Å². The molecule has 0 aromatic rings. The van der Waals surface area contributed by atoms with Crippen LogP contribution in [-0.2, 0) is 9.53 Å². The van der Waals surface area contributed by atoms with Crippen LogP contribution in [-0.4, -0.2) is 35.1 Å².